The number of rotatable bonds is 3. The second kappa shape index (κ2) is 6.07. The smallest absolute Gasteiger partial charge is 0.101 e. The van der Waals surface area contributed by atoms with Crippen molar-refractivity contribution < 1.29 is 5.11 Å². The van der Waals surface area contributed by atoms with E-state index in [1.165, 1.54) is 11.8 Å². The van der Waals surface area contributed by atoms with Crippen LogP contribution in [0, 0.1) is 11.3 Å². The maximum Gasteiger partial charge on any atom is 0.101 e. The van der Waals surface area contributed by atoms with Gasteiger partial charge >= 0.3 is 0 Å². The van der Waals surface area contributed by atoms with Gasteiger partial charge in [-0.05, 0) is 36.8 Å². The summed E-state index contributed by atoms with van der Waals surface area (Å²) >= 11 is 7.19. The van der Waals surface area contributed by atoms with E-state index in [-0.39, 0.29) is 0 Å². The molecule has 0 radical (unpaired) electrons. The molecular weight excluding hydrogens is 280 g/mol. The molecule has 0 bridgehead atoms. The number of aliphatic hydroxyl groups excluding tert-OH is 1. The number of pyridine rings is 1. The van der Waals surface area contributed by atoms with Gasteiger partial charge in [0.05, 0.1) is 22.8 Å². The van der Waals surface area contributed by atoms with Crippen molar-refractivity contribution in [3.8, 4) is 6.07 Å². The van der Waals surface area contributed by atoms with Gasteiger partial charge in [-0.25, -0.2) is 4.98 Å². The van der Waals surface area contributed by atoms with Crippen LogP contribution in [-0.2, 0) is 0 Å². The summed E-state index contributed by atoms with van der Waals surface area (Å²) in [6, 6.07) is 10.9. The first-order chi connectivity index (χ1) is 9.10. The van der Waals surface area contributed by atoms with Gasteiger partial charge in [-0.1, -0.05) is 29.4 Å². The molecule has 3 nitrogen and oxygen atoms in total. The van der Waals surface area contributed by atoms with Crippen LogP contribution in [0.1, 0.15) is 24.2 Å². The monoisotopic (exact) mass is 290 g/mol. The molecule has 2 rings (SSSR count). The maximum absolute atomic E-state index is 9.75. The highest BCUT2D eigenvalue weighted by atomic mass is 35.5. The molecule has 1 aromatic heterocycles. The van der Waals surface area contributed by atoms with Gasteiger partial charge < -0.3 is 5.11 Å². The van der Waals surface area contributed by atoms with Gasteiger partial charge in [-0.2, -0.15) is 5.26 Å². The van der Waals surface area contributed by atoms with Gasteiger partial charge in [-0.3, -0.25) is 0 Å². The molecule has 0 fully saturated rings. The molecular formula is C14H11ClN2OS. The predicted octanol–water partition coefficient (Wildman–Crippen LogP) is 3.81. The number of aromatic nitrogens is 1. The Kier molecular flexibility index (Phi) is 4.43. The lowest BCUT2D eigenvalue weighted by Gasteiger charge is -2.11. The average Bonchev–Trinajstić information content (AvgIpc) is 2.41. The minimum Gasteiger partial charge on any atom is -0.389 e. The van der Waals surface area contributed by atoms with E-state index in [1.807, 2.05) is 0 Å². The van der Waals surface area contributed by atoms with Gasteiger partial charge in [0, 0.05) is 11.1 Å². The molecule has 1 heterocycles. The van der Waals surface area contributed by atoms with Crippen LogP contribution >= 0.6 is 23.4 Å². The summed E-state index contributed by atoms with van der Waals surface area (Å²) in [4.78, 5) is 5.02. The summed E-state index contributed by atoms with van der Waals surface area (Å²) in [5.74, 6) is 0. The number of nitriles is 1. The summed E-state index contributed by atoms with van der Waals surface area (Å²) in [7, 11) is 0. The van der Waals surface area contributed by atoms with Crippen molar-refractivity contribution in [3.05, 3.63) is 52.7 Å². The van der Waals surface area contributed by atoms with E-state index in [0.29, 0.717) is 10.6 Å². The van der Waals surface area contributed by atoms with E-state index >= 15 is 0 Å². The molecule has 0 saturated carbocycles. The summed E-state index contributed by atoms with van der Waals surface area (Å²) in [6.07, 6.45) is 0.975. The Morgan fingerprint density at radius 1 is 1.37 bits per heavy atom. The quantitative estimate of drug-likeness (QED) is 0.934. The molecule has 1 N–H and O–H groups in total. The average molecular weight is 291 g/mol. The third kappa shape index (κ3) is 3.48. The third-order valence-electron chi connectivity index (χ3n) is 2.51. The largest absolute Gasteiger partial charge is 0.389 e. The van der Waals surface area contributed by atoms with Crippen LogP contribution in [0.3, 0.4) is 0 Å². The van der Waals surface area contributed by atoms with Gasteiger partial charge in [0.25, 0.3) is 0 Å². The van der Waals surface area contributed by atoms with Crippen LogP contribution in [0.25, 0.3) is 0 Å². The first-order valence-corrected chi connectivity index (χ1v) is 6.81. The van der Waals surface area contributed by atoms with E-state index < -0.39 is 6.10 Å². The lowest BCUT2D eigenvalue weighted by Crippen LogP contribution is -1.95. The minimum atomic E-state index is -0.595. The number of hydrogen-bond acceptors (Lipinski definition) is 4. The zero-order valence-electron chi connectivity index (χ0n) is 10.2. The lowest BCUT2D eigenvalue weighted by molar-refractivity contribution is 0.196. The molecule has 19 heavy (non-hydrogen) atoms. The van der Waals surface area contributed by atoms with E-state index in [9.17, 15) is 5.11 Å². The molecule has 2 aromatic rings. The Morgan fingerprint density at radius 2 is 2.16 bits per heavy atom. The van der Waals surface area contributed by atoms with Crippen molar-refractivity contribution in [2.45, 2.75) is 22.9 Å². The molecule has 0 unspecified atom stereocenters. The summed E-state index contributed by atoms with van der Waals surface area (Å²) < 4.78 is 0. The number of benzene rings is 1. The predicted molar refractivity (Wildman–Crippen MR) is 75.2 cm³/mol. The van der Waals surface area contributed by atoms with Crippen molar-refractivity contribution in [1.29, 1.82) is 5.26 Å². The minimum absolute atomic E-state index is 0.556. The topological polar surface area (TPSA) is 56.9 Å². The maximum atomic E-state index is 9.75. The molecule has 0 amide bonds. The fourth-order valence-electron chi connectivity index (χ4n) is 1.57. The molecule has 1 aromatic carbocycles. The van der Waals surface area contributed by atoms with Crippen LogP contribution in [-0.4, -0.2) is 10.1 Å². The summed E-state index contributed by atoms with van der Waals surface area (Å²) in [6.45, 7) is 1.70. The third-order valence-corrected chi connectivity index (χ3v) is 3.76. The van der Waals surface area contributed by atoms with Crippen LogP contribution in [0.4, 0.5) is 0 Å². The van der Waals surface area contributed by atoms with Crippen molar-refractivity contribution >= 4 is 23.4 Å². The Morgan fingerprint density at radius 3 is 2.74 bits per heavy atom. The van der Waals surface area contributed by atoms with Crippen LogP contribution < -0.4 is 0 Å². The van der Waals surface area contributed by atoms with Crippen molar-refractivity contribution in [1.82, 2.24) is 4.98 Å². The Bertz CT molecular complexity index is 620. The van der Waals surface area contributed by atoms with Crippen molar-refractivity contribution in [2.24, 2.45) is 0 Å². The number of nitrogens with zero attached hydrogens (tertiary/aromatic N) is 2. The number of hydrogen-bond donors (Lipinski definition) is 1. The SMILES string of the molecule is C[C@H](O)c1ccc(C#N)cc1Sc1ccc(Cl)cn1. The molecule has 5 heteroatoms. The van der Waals surface area contributed by atoms with Gasteiger partial charge in [0.15, 0.2) is 0 Å². The van der Waals surface area contributed by atoms with E-state index in [0.717, 1.165) is 15.5 Å². The van der Waals surface area contributed by atoms with Crippen LogP contribution in [0.15, 0.2) is 46.5 Å². The fourth-order valence-corrected chi connectivity index (χ4v) is 2.69. The van der Waals surface area contributed by atoms with E-state index in [1.54, 1.807) is 43.5 Å². The highest BCUT2D eigenvalue weighted by molar-refractivity contribution is 7.99. The summed E-state index contributed by atoms with van der Waals surface area (Å²) in [5, 5.41) is 20.0. The molecule has 96 valence electrons. The molecule has 0 aliphatic rings. The molecule has 1 atom stereocenters. The van der Waals surface area contributed by atoms with E-state index in [4.69, 9.17) is 16.9 Å². The second-order valence-electron chi connectivity index (χ2n) is 3.96. The first-order valence-electron chi connectivity index (χ1n) is 5.61. The van der Waals surface area contributed by atoms with Crippen molar-refractivity contribution in [2.75, 3.05) is 0 Å². The first kappa shape index (κ1) is 13.9. The van der Waals surface area contributed by atoms with Crippen molar-refractivity contribution in [3.63, 3.8) is 0 Å². The molecule has 0 aliphatic heterocycles. The fraction of sp³-hybridized carbons (Fsp3) is 0.143. The zero-order chi connectivity index (χ0) is 13.8. The second-order valence-corrected chi connectivity index (χ2v) is 5.46. The Labute approximate surface area is 120 Å². The molecule has 0 spiro atoms. The Balaban J connectivity index is 2.37. The van der Waals surface area contributed by atoms with Gasteiger partial charge in [0.2, 0.25) is 0 Å². The standard InChI is InChI=1S/C14H11ClN2OS/c1-9(18)12-4-2-10(7-16)6-13(12)19-14-5-3-11(15)8-17-14/h2-6,8-9,18H,1H3/t9-/m0/s1. The number of halogens is 1. The molecule has 0 aliphatic carbocycles. The van der Waals surface area contributed by atoms with Gasteiger partial charge in [-0.15, -0.1) is 0 Å². The highest BCUT2D eigenvalue weighted by Crippen LogP contribution is 2.33. The normalized spacial score (nSPS) is 11.9. The summed E-state index contributed by atoms with van der Waals surface area (Å²) in [5.41, 5.74) is 1.33. The number of aliphatic hydroxyl groups is 1. The molecule has 0 saturated heterocycles. The lowest BCUT2D eigenvalue weighted by atomic mass is 10.1. The van der Waals surface area contributed by atoms with Gasteiger partial charge in [0.1, 0.15) is 5.03 Å². The highest BCUT2D eigenvalue weighted by Gasteiger charge is 2.11. The van der Waals surface area contributed by atoms with Crippen LogP contribution in [0.2, 0.25) is 5.02 Å². The van der Waals surface area contributed by atoms with Crippen LogP contribution in [0.5, 0.6) is 0 Å². The zero-order valence-corrected chi connectivity index (χ0v) is 11.7. The Hall–Kier alpha value is -1.54. The van der Waals surface area contributed by atoms with E-state index in [2.05, 4.69) is 11.1 Å².